The summed E-state index contributed by atoms with van der Waals surface area (Å²) in [7, 11) is 0. The predicted molar refractivity (Wildman–Crippen MR) is 81.7 cm³/mol. The molecule has 0 radical (unpaired) electrons. The van der Waals surface area contributed by atoms with Gasteiger partial charge in [0.25, 0.3) is 0 Å². The van der Waals surface area contributed by atoms with Crippen LogP contribution in [0.3, 0.4) is 0 Å². The lowest BCUT2D eigenvalue weighted by atomic mass is 10.0. The molecule has 0 aliphatic carbocycles. The van der Waals surface area contributed by atoms with Crippen LogP contribution in [0.25, 0.3) is 0 Å². The Morgan fingerprint density at radius 1 is 1.10 bits per heavy atom. The van der Waals surface area contributed by atoms with E-state index in [0.717, 1.165) is 19.3 Å². The monoisotopic (exact) mass is 284 g/mol. The van der Waals surface area contributed by atoms with Crippen LogP contribution in [-0.2, 0) is 14.3 Å². The quantitative estimate of drug-likeness (QED) is 0.438. The first-order valence-corrected chi connectivity index (χ1v) is 8.52. The van der Waals surface area contributed by atoms with Gasteiger partial charge in [0.1, 0.15) is 0 Å². The van der Waals surface area contributed by atoms with Gasteiger partial charge in [0.05, 0.1) is 12.0 Å². The van der Waals surface area contributed by atoms with E-state index in [1.165, 1.54) is 44.9 Å². The number of hydrogen-bond donors (Lipinski definition) is 0. The molecule has 1 saturated heterocycles. The van der Waals surface area contributed by atoms with Gasteiger partial charge in [-0.1, -0.05) is 45.4 Å². The number of hydrogen-bond acceptors (Lipinski definition) is 3. The minimum absolute atomic E-state index is 0.0104. The van der Waals surface area contributed by atoms with Crippen LogP contribution in [0, 0.1) is 5.92 Å². The van der Waals surface area contributed by atoms with Gasteiger partial charge < -0.3 is 9.47 Å². The molecule has 0 aromatic heterocycles. The molecule has 0 bridgehead atoms. The van der Waals surface area contributed by atoms with E-state index < -0.39 is 0 Å². The topological polar surface area (TPSA) is 35.5 Å². The summed E-state index contributed by atoms with van der Waals surface area (Å²) in [6, 6.07) is 0. The molecule has 0 N–H and O–H groups in total. The van der Waals surface area contributed by atoms with Gasteiger partial charge >= 0.3 is 5.97 Å². The lowest BCUT2D eigenvalue weighted by molar-refractivity contribution is -0.156. The van der Waals surface area contributed by atoms with E-state index in [-0.39, 0.29) is 18.0 Å². The van der Waals surface area contributed by atoms with Crippen molar-refractivity contribution in [3.05, 3.63) is 0 Å². The van der Waals surface area contributed by atoms with E-state index in [1.54, 1.807) is 0 Å². The minimum Gasteiger partial charge on any atom is -0.462 e. The summed E-state index contributed by atoms with van der Waals surface area (Å²) in [5.74, 6) is 0.0592. The first kappa shape index (κ1) is 17.5. The largest absolute Gasteiger partial charge is 0.462 e. The summed E-state index contributed by atoms with van der Waals surface area (Å²) >= 11 is 0. The van der Waals surface area contributed by atoms with Gasteiger partial charge in [-0.15, -0.1) is 0 Å². The van der Waals surface area contributed by atoms with Gasteiger partial charge in [-0.05, 0) is 32.6 Å². The van der Waals surface area contributed by atoms with E-state index in [0.29, 0.717) is 13.2 Å². The Kier molecular flexibility index (Phi) is 9.73. The van der Waals surface area contributed by atoms with Crippen molar-refractivity contribution in [2.75, 3.05) is 13.2 Å². The van der Waals surface area contributed by atoms with E-state index in [9.17, 15) is 4.79 Å². The molecule has 3 heteroatoms. The molecule has 0 aromatic carbocycles. The molecule has 118 valence electrons. The van der Waals surface area contributed by atoms with Crippen molar-refractivity contribution in [2.45, 2.75) is 84.2 Å². The smallest absolute Gasteiger partial charge is 0.309 e. The number of esters is 1. The van der Waals surface area contributed by atoms with Crippen molar-refractivity contribution >= 4 is 5.97 Å². The summed E-state index contributed by atoms with van der Waals surface area (Å²) in [6.45, 7) is 5.67. The molecule has 1 aliphatic heterocycles. The van der Waals surface area contributed by atoms with Crippen molar-refractivity contribution in [1.82, 2.24) is 0 Å². The molecule has 20 heavy (non-hydrogen) atoms. The Balaban J connectivity index is 1.99. The molecule has 1 heterocycles. The standard InChI is InChI=1S/C17H32O3/c1-3-4-5-6-7-8-9-10-15(2)20-17(18)16-11-13-19-14-12-16/h15-16H,3-14H2,1-2H3. The second-order valence-electron chi connectivity index (χ2n) is 6.04. The van der Waals surface area contributed by atoms with Crippen molar-refractivity contribution in [3.63, 3.8) is 0 Å². The summed E-state index contributed by atoms with van der Waals surface area (Å²) in [5.41, 5.74) is 0. The molecule has 0 saturated carbocycles. The summed E-state index contributed by atoms with van der Waals surface area (Å²) in [6.07, 6.45) is 11.9. The normalized spacial score (nSPS) is 17.9. The van der Waals surface area contributed by atoms with Crippen molar-refractivity contribution in [3.8, 4) is 0 Å². The second-order valence-corrected chi connectivity index (χ2v) is 6.04. The zero-order chi connectivity index (χ0) is 14.6. The first-order valence-electron chi connectivity index (χ1n) is 8.52. The predicted octanol–water partition coefficient (Wildman–Crippen LogP) is 4.49. The highest BCUT2D eigenvalue weighted by molar-refractivity contribution is 5.72. The molecule has 3 nitrogen and oxygen atoms in total. The Morgan fingerprint density at radius 3 is 2.35 bits per heavy atom. The van der Waals surface area contributed by atoms with Gasteiger partial charge in [-0.25, -0.2) is 0 Å². The highest BCUT2D eigenvalue weighted by Gasteiger charge is 2.24. The molecule has 1 fully saturated rings. The van der Waals surface area contributed by atoms with Crippen LogP contribution in [0.1, 0.15) is 78.1 Å². The van der Waals surface area contributed by atoms with Crippen LogP contribution in [0.2, 0.25) is 0 Å². The molecule has 1 unspecified atom stereocenters. The van der Waals surface area contributed by atoms with Gasteiger partial charge in [0.2, 0.25) is 0 Å². The number of carbonyl (C=O) groups is 1. The minimum atomic E-state index is -0.0104. The van der Waals surface area contributed by atoms with Crippen LogP contribution >= 0.6 is 0 Å². The second kappa shape index (κ2) is 11.1. The maximum Gasteiger partial charge on any atom is 0.309 e. The fraction of sp³-hybridized carbons (Fsp3) is 0.941. The third-order valence-corrected chi connectivity index (χ3v) is 4.09. The SMILES string of the molecule is CCCCCCCCCC(C)OC(=O)C1CCOCC1. The Morgan fingerprint density at radius 2 is 1.70 bits per heavy atom. The molecule has 1 rings (SSSR count). The maximum atomic E-state index is 11.9. The Hall–Kier alpha value is -0.570. The van der Waals surface area contributed by atoms with E-state index in [4.69, 9.17) is 9.47 Å². The van der Waals surface area contributed by atoms with Crippen LogP contribution in [0.15, 0.2) is 0 Å². The van der Waals surface area contributed by atoms with Gasteiger partial charge in [0, 0.05) is 13.2 Å². The summed E-state index contributed by atoms with van der Waals surface area (Å²) in [5, 5.41) is 0. The Labute approximate surface area is 124 Å². The number of ether oxygens (including phenoxy) is 2. The molecule has 0 amide bonds. The van der Waals surface area contributed by atoms with Crippen LogP contribution < -0.4 is 0 Å². The van der Waals surface area contributed by atoms with Gasteiger partial charge in [-0.2, -0.15) is 0 Å². The van der Waals surface area contributed by atoms with E-state index in [2.05, 4.69) is 6.92 Å². The summed E-state index contributed by atoms with van der Waals surface area (Å²) in [4.78, 5) is 11.9. The van der Waals surface area contributed by atoms with Crippen LogP contribution in [-0.4, -0.2) is 25.3 Å². The third-order valence-electron chi connectivity index (χ3n) is 4.09. The maximum absolute atomic E-state index is 11.9. The fourth-order valence-corrected chi connectivity index (χ4v) is 2.68. The zero-order valence-corrected chi connectivity index (χ0v) is 13.4. The zero-order valence-electron chi connectivity index (χ0n) is 13.4. The van der Waals surface area contributed by atoms with Gasteiger partial charge in [0.15, 0.2) is 0 Å². The average molecular weight is 284 g/mol. The lowest BCUT2D eigenvalue weighted by Gasteiger charge is -2.22. The Bertz CT molecular complexity index is 247. The van der Waals surface area contributed by atoms with Crippen LogP contribution in [0.4, 0.5) is 0 Å². The van der Waals surface area contributed by atoms with E-state index in [1.807, 2.05) is 6.92 Å². The lowest BCUT2D eigenvalue weighted by Crippen LogP contribution is -2.27. The van der Waals surface area contributed by atoms with Crippen molar-refractivity contribution in [2.24, 2.45) is 5.92 Å². The molecular weight excluding hydrogens is 252 g/mol. The fourth-order valence-electron chi connectivity index (χ4n) is 2.68. The van der Waals surface area contributed by atoms with Crippen molar-refractivity contribution in [1.29, 1.82) is 0 Å². The summed E-state index contributed by atoms with van der Waals surface area (Å²) < 4.78 is 10.8. The first-order chi connectivity index (χ1) is 9.74. The highest BCUT2D eigenvalue weighted by atomic mass is 16.5. The van der Waals surface area contributed by atoms with Crippen LogP contribution in [0.5, 0.6) is 0 Å². The number of rotatable bonds is 10. The number of unbranched alkanes of at least 4 members (excludes halogenated alkanes) is 6. The van der Waals surface area contributed by atoms with Gasteiger partial charge in [-0.3, -0.25) is 4.79 Å². The van der Waals surface area contributed by atoms with E-state index >= 15 is 0 Å². The third kappa shape index (κ3) is 7.88. The average Bonchev–Trinajstić information content (AvgIpc) is 2.47. The van der Waals surface area contributed by atoms with Crippen molar-refractivity contribution < 1.29 is 14.3 Å². The highest BCUT2D eigenvalue weighted by Crippen LogP contribution is 2.18. The molecule has 0 spiro atoms. The molecule has 1 aliphatic rings. The molecular formula is C17H32O3. The molecule has 1 atom stereocenters. The molecule has 0 aromatic rings. The number of carbonyl (C=O) groups excluding carboxylic acids is 1.